The minimum Gasteiger partial charge on any atom is -0.497 e. The molecule has 1 aromatic carbocycles. The predicted octanol–water partition coefficient (Wildman–Crippen LogP) is 3.21. The van der Waals surface area contributed by atoms with Crippen LogP contribution in [0.25, 0.3) is 0 Å². The van der Waals surface area contributed by atoms with Crippen LogP contribution in [0.4, 0.5) is 10.5 Å². The molecule has 0 saturated heterocycles. The van der Waals surface area contributed by atoms with E-state index in [2.05, 4.69) is 10.3 Å². The van der Waals surface area contributed by atoms with E-state index in [0.29, 0.717) is 12.5 Å². The van der Waals surface area contributed by atoms with Gasteiger partial charge in [0, 0.05) is 12.1 Å². The van der Waals surface area contributed by atoms with Crippen molar-refractivity contribution in [3.8, 4) is 5.75 Å². The molecule has 1 saturated carbocycles. The first-order chi connectivity index (χ1) is 11.9. The summed E-state index contributed by atoms with van der Waals surface area (Å²) in [5.41, 5.74) is 1.21. The van der Waals surface area contributed by atoms with Crippen LogP contribution in [0, 0.1) is 5.92 Å². The molecule has 3 rings (SSSR count). The van der Waals surface area contributed by atoms with E-state index in [1.807, 2.05) is 32.0 Å². The number of nitrogens with zero attached hydrogens (tertiary/aromatic N) is 2. The van der Waals surface area contributed by atoms with E-state index in [4.69, 9.17) is 4.74 Å². The summed E-state index contributed by atoms with van der Waals surface area (Å²) < 4.78 is 5.20. The summed E-state index contributed by atoms with van der Waals surface area (Å²) in [6, 6.07) is 5.75. The van der Waals surface area contributed by atoms with Crippen LogP contribution in [0.15, 0.2) is 23.2 Å². The van der Waals surface area contributed by atoms with Crippen molar-refractivity contribution in [2.24, 2.45) is 10.9 Å². The van der Waals surface area contributed by atoms with Crippen molar-refractivity contribution in [2.75, 3.05) is 7.11 Å². The van der Waals surface area contributed by atoms with Gasteiger partial charge >= 0.3 is 6.03 Å². The SMILES string of the molecule is COc1ccc2c(c1)N=CN(C(=O)NC1CCC(C(C)(C)O)CC1)C2. The molecule has 0 spiro atoms. The van der Waals surface area contributed by atoms with E-state index in [0.717, 1.165) is 42.7 Å². The second-order valence-electron chi connectivity index (χ2n) is 7.52. The normalized spacial score (nSPS) is 23.1. The summed E-state index contributed by atoms with van der Waals surface area (Å²) in [5.74, 6) is 1.07. The van der Waals surface area contributed by atoms with Gasteiger partial charge in [-0.25, -0.2) is 9.79 Å². The fourth-order valence-corrected chi connectivity index (χ4v) is 3.61. The topological polar surface area (TPSA) is 74.2 Å². The highest BCUT2D eigenvalue weighted by molar-refractivity contribution is 5.89. The number of carbonyl (C=O) groups is 1. The number of hydrogen-bond acceptors (Lipinski definition) is 4. The molecule has 0 bridgehead atoms. The summed E-state index contributed by atoms with van der Waals surface area (Å²) in [7, 11) is 1.63. The molecule has 1 fully saturated rings. The smallest absolute Gasteiger partial charge is 0.323 e. The van der Waals surface area contributed by atoms with Crippen LogP contribution in [0.1, 0.15) is 45.1 Å². The molecule has 0 aromatic heterocycles. The number of urea groups is 1. The Kier molecular flexibility index (Phi) is 4.99. The molecular formula is C19H27N3O3. The lowest BCUT2D eigenvalue weighted by molar-refractivity contribution is -0.00238. The second kappa shape index (κ2) is 7.04. The first kappa shape index (κ1) is 17.7. The van der Waals surface area contributed by atoms with Crippen LogP contribution in [0.5, 0.6) is 5.75 Å². The van der Waals surface area contributed by atoms with Gasteiger partial charge in [-0.05, 0) is 57.1 Å². The number of methoxy groups -OCH3 is 1. The van der Waals surface area contributed by atoms with Gasteiger partial charge in [-0.2, -0.15) is 0 Å². The summed E-state index contributed by atoms with van der Waals surface area (Å²) in [6.45, 7) is 4.24. The highest BCUT2D eigenvalue weighted by Crippen LogP contribution is 2.33. The highest BCUT2D eigenvalue weighted by Gasteiger charge is 2.32. The fraction of sp³-hybridized carbons (Fsp3) is 0.579. The average molecular weight is 345 g/mol. The number of rotatable bonds is 3. The van der Waals surface area contributed by atoms with Gasteiger partial charge in [0.2, 0.25) is 0 Å². The third-order valence-corrected chi connectivity index (χ3v) is 5.28. The van der Waals surface area contributed by atoms with Gasteiger partial charge in [-0.15, -0.1) is 0 Å². The molecule has 1 aliphatic heterocycles. The molecule has 2 amide bonds. The number of fused-ring (bicyclic) bond motifs is 1. The molecule has 2 N–H and O–H groups in total. The van der Waals surface area contributed by atoms with Crippen molar-refractivity contribution in [1.82, 2.24) is 10.2 Å². The standard InChI is InChI=1S/C19H27N3O3/c1-19(2,24)14-5-7-15(8-6-14)21-18(23)22-11-13-4-9-16(25-3)10-17(13)20-12-22/h4,9-10,12,14-15,24H,5-8,11H2,1-3H3,(H,21,23). The van der Waals surface area contributed by atoms with Gasteiger partial charge < -0.3 is 15.2 Å². The predicted molar refractivity (Wildman–Crippen MR) is 97.3 cm³/mol. The van der Waals surface area contributed by atoms with Crippen molar-refractivity contribution in [1.29, 1.82) is 0 Å². The third kappa shape index (κ3) is 4.12. The molecule has 136 valence electrons. The lowest BCUT2D eigenvalue weighted by atomic mass is 9.77. The number of carbonyl (C=O) groups excluding carboxylic acids is 1. The summed E-state index contributed by atoms with van der Waals surface area (Å²) in [4.78, 5) is 18.5. The van der Waals surface area contributed by atoms with Gasteiger partial charge in [0.1, 0.15) is 5.75 Å². The zero-order valence-electron chi connectivity index (χ0n) is 15.2. The van der Waals surface area contributed by atoms with E-state index < -0.39 is 5.60 Å². The molecule has 1 heterocycles. The van der Waals surface area contributed by atoms with Gasteiger partial charge in [-0.3, -0.25) is 4.90 Å². The van der Waals surface area contributed by atoms with Crippen LogP contribution in [-0.2, 0) is 6.54 Å². The van der Waals surface area contributed by atoms with Crippen LogP contribution >= 0.6 is 0 Å². The van der Waals surface area contributed by atoms with Crippen LogP contribution < -0.4 is 10.1 Å². The molecular weight excluding hydrogens is 318 g/mol. The summed E-state index contributed by atoms with van der Waals surface area (Å²) in [5, 5.41) is 13.2. The summed E-state index contributed by atoms with van der Waals surface area (Å²) >= 11 is 0. The van der Waals surface area contributed by atoms with Crippen molar-refractivity contribution in [2.45, 2.75) is 57.7 Å². The minimum absolute atomic E-state index is 0.114. The molecule has 0 radical (unpaired) electrons. The quantitative estimate of drug-likeness (QED) is 0.883. The van der Waals surface area contributed by atoms with E-state index in [1.54, 1.807) is 18.3 Å². The Morgan fingerprint density at radius 1 is 1.32 bits per heavy atom. The first-order valence-corrected chi connectivity index (χ1v) is 8.87. The zero-order chi connectivity index (χ0) is 18.0. The number of hydrogen-bond donors (Lipinski definition) is 2. The van der Waals surface area contributed by atoms with Crippen molar-refractivity contribution in [3.05, 3.63) is 23.8 Å². The highest BCUT2D eigenvalue weighted by atomic mass is 16.5. The molecule has 2 aliphatic rings. The lowest BCUT2D eigenvalue weighted by Crippen LogP contribution is -2.47. The Bertz CT molecular complexity index is 658. The maximum absolute atomic E-state index is 12.5. The molecule has 6 heteroatoms. The maximum atomic E-state index is 12.5. The average Bonchev–Trinajstić information content (AvgIpc) is 2.60. The second-order valence-corrected chi connectivity index (χ2v) is 7.52. The third-order valence-electron chi connectivity index (χ3n) is 5.28. The minimum atomic E-state index is -0.640. The van der Waals surface area contributed by atoms with Crippen molar-refractivity contribution < 1.29 is 14.6 Å². The number of aliphatic imine (C=N–C) groups is 1. The monoisotopic (exact) mass is 345 g/mol. The van der Waals surface area contributed by atoms with Crippen LogP contribution in [-0.4, -0.2) is 41.1 Å². The van der Waals surface area contributed by atoms with Crippen molar-refractivity contribution in [3.63, 3.8) is 0 Å². The Morgan fingerprint density at radius 2 is 2.04 bits per heavy atom. The molecule has 0 unspecified atom stereocenters. The Morgan fingerprint density at radius 3 is 2.68 bits per heavy atom. The van der Waals surface area contributed by atoms with E-state index >= 15 is 0 Å². The first-order valence-electron chi connectivity index (χ1n) is 8.87. The maximum Gasteiger partial charge on any atom is 0.323 e. The number of amides is 2. The Balaban J connectivity index is 1.55. The van der Waals surface area contributed by atoms with E-state index in [1.165, 1.54) is 0 Å². The molecule has 0 atom stereocenters. The van der Waals surface area contributed by atoms with Gasteiger partial charge in [0.25, 0.3) is 0 Å². The van der Waals surface area contributed by atoms with Gasteiger partial charge in [0.05, 0.1) is 31.3 Å². The Labute approximate surface area is 148 Å². The molecule has 25 heavy (non-hydrogen) atoms. The molecule has 1 aromatic rings. The molecule has 6 nitrogen and oxygen atoms in total. The van der Waals surface area contributed by atoms with Gasteiger partial charge in [-0.1, -0.05) is 6.07 Å². The van der Waals surface area contributed by atoms with E-state index in [9.17, 15) is 9.90 Å². The lowest BCUT2D eigenvalue weighted by Gasteiger charge is -2.36. The molecule has 1 aliphatic carbocycles. The van der Waals surface area contributed by atoms with E-state index in [-0.39, 0.29) is 12.1 Å². The zero-order valence-corrected chi connectivity index (χ0v) is 15.2. The largest absolute Gasteiger partial charge is 0.497 e. The number of aliphatic hydroxyl groups is 1. The number of nitrogens with one attached hydrogen (secondary N) is 1. The van der Waals surface area contributed by atoms with Crippen LogP contribution in [0.2, 0.25) is 0 Å². The van der Waals surface area contributed by atoms with Crippen LogP contribution in [0.3, 0.4) is 0 Å². The Hall–Kier alpha value is -2.08. The number of ether oxygens (including phenoxy) is 1. The van der Waals surface area contributed by atoms with Gasteiger partial charge in [0.15, 0.2) is 0 Å². The van der Waals surface area contributed by atoms with Crippen molar-refractivity contribution >= 4 is 18.1 Å². The fourth-order valence-electron chi connectivity index (χ4n) is 3.61. The number of benzene rings is 1. The summed E-state index contributed by atoms with van der Waals surface area (Å²) in [6.07, 6.45) is 5.26.